The first-order chi connectivity index (χ1) is 10.2. The largest absolute Gasteiger partial charge is 0.394 e. The number of amides is 2. The van der Waals surface area contributed by atoms with Gasteiger partial charge in [-0.3, -0.25) is 0 Å². The lowest BCUT2D eigenvalue weighted by atomic mass is 9.99. The molecule has 116 valence electrons. The minimum atomic E-state index is -0.445. The summed E-state index contributed by atoms with van der Waals surface area (Å²) in [4.78, 5) is 12.0. The van der Waals surface area contributed by atoms with Gasteiger partial charge in [0.1, 0.15) is 0 Å². The molecule has 0 aromatic heterocycles. The molecule has 21 heavy (non-hydrogen) atoms. The predicted molar refractivity (Wildman–Crippen MR) is 82.2 cm³/mol. The third-order valence-electron chi connectivity index (χ3n) is 3.93. The molecule has 1 aromatic rings. The number of nitrogens with one attached hydrogen (secondary N) is 2. The Bertz CT molecular complexity index is 453. The molecule has 0 radical (unpaired) electrons. The summed E-state index contributed by atoms with van der Waals surface area (Å²) in [5.41, 5.74) is 1.36. The Morgan fingerprint density at radius 2 is 1.95 bits per heavy atom. The number of carbonyl (C=O) groups is 1. The molecule has 1 aliphatic carbocycles. The lowest BCUT2D eigenvalue weighted by Gasteiger charge is -2.27. The zero-order valence-corrected chi connectivity index (χ0v) is 12.5. The molecule has 2 rings (SSSR count). The number of aliphatic hydroxyl groups is 1. The highest BCUT2D eigenvalue weighted by Gasteiger charge is 2.34. The molecule has 0 saturated heterocycles. The topological polar surface area (TPSA) is 70.6 Å². The van der Waals surface area contributed by atoms with E-state index in [-0.39, 0.29) is 12.6 Å². The summed E-state index contributed by atoms with van der Waals surface area (Å²) in [7, 11) is 0. The second kappa shape index (κ2) is 7.43. The lowest BCUT2D eigenvalue weighted by molar-refractivity contribution is 0.134. The van der Waals surface area contributed by atoms with Gasteiger partial charge in [-0.15, -0.1) is 0 Å². The fraction of sp³-hybridized carbons (Fsp3) is 0.562. The molecule has 1 aliphatic rings. The van der Waals surface area contributed by atoms with E-state index in [9.17, 15) is 9.90 Å². The summed E-state index contributed by atoms with van der Waals surface area (Å²) in [6, 6.07) is 7.32. The standard InChI is InChI=1S/C16H24N2O3/c1-2-21-11-13-5-7-14(8-6-13)17-15(20)18-16(12-19)9-3-4-10-16/h5-8,19H,2-4,9-12H2,1H3,(H2,17,18,20). The van der Waals surface area contributed by atoms with Crippen LogP contribution in [0.5, 0.6) is 0 Å². The molecule has 5 nitrogen and oxygen atoms in total. The highest BCUT2D eigenvalue weighted by atomic mass is 16.5. The van der Waals surface area contributed by atoms with Gasteiger partial charge in [-0.1, -0.05) is 25.0 Å². The molecule has 1 aromatic carbocycles. The van der Waals surface area contributed by atoms with Crippen LogP contribution in [0.4, 0.5) is 10.5 Å². The van der Waals surface area contributed by atoms with Gasteiger partial charge in [-0.2, -0.15) is 0 Å². The fourth-order valence-corrected chi connectivity index (χ4v) is 2.68. The Labute approximate surface area is 125 Å². The van der Waals surface area contributed by atoms with Gasteiger partial charge in [0, 0.05) is 12.3 Å². The van der Waals surface area contributed by atoms with Gasteiger partial charge >= 0.3 is 6.03 Å². The number of hydrogen-bond donors (Lipinski definition) is 3. The van der Waals surface area contributed by atoms with Crippen LogP contribution in [0.3, 0.4) is 0 Å². The van der Waals surface area contributed by atoms with Crippen LogP contribution < -0.4 is 10.6 Å². The van der Waals surface area contributed by atoms with E-state index in [2.05, 4.69) is 10.6 Å². The molecular weight excluding hydrogens is 268 g/mol. The van der Waals surface area contributed by atoms with E-state index >= 15 is 0 Å². The summed E-state index contributed by atoms with van der Waals surface area (Å²) in [5.74, 6) is 0. The van der Waals surface area contributed by atoms with E-state index in [0.29, 0.717) is 13.2 Å². The normalized spacial score (nSPS) is 16.7. The summed E-state index contributed by atoms with van der Waals surface area (Å²) in [5, 5.41) is 15.2. The summed E-state index contributed by atoms with van der Waals surface area (Å²) in [6.45, 7) is 3.22. The maximum Gasteiger partial charge on any atom is 0.319 e. The van der Waals surface area contributed by atoms with Crippen LogP contribution in [0.15, 0.2) is 24.3 Å². The second-order valence-corrected chi connectivity index (χ2v) is 5.56. The number of hydrogen-bond acceptors (Lipinski definition) is 3. The number of benzene rings is 1. The molecule has 1 saturated carbocycles. The zero-order chi connectivity index (χ0) is 15.1. The Kier molecular flexibility index (Phi) is 5.59. The van der Waals surface area contributed by atoms with Gasteiger partial charge in [0.25, 0.3) is 0 Å². The summed E-state index contributed by atoms with van der Waals surface area (Å²) < 4.78 is 5.33. The predicted octanol–water partition coefficient (Wildman–Crippen LogP) is 2.65. The first-order valence-corrected chi connectivity index (χ1v) is 7.54. The van der Waals surface area contributed by atoms with E-state index in [1.54, 1.807) is 0 Å². The van der Waals surface area contributed by atoms with E-state index < -0.39 is 5.54 Å². The molecule has 5 heteroatoms. The molecule has 1 fully saturated rings. The molecule has 0 bridgehead atoms. The van der Waals surface area contributed by atoms with Crippen molar-refractivity contribution in [1.29, 1.82) is 0 Å². The Morgan fingerprint density at radius 1 is 1.29 bits per heavy atom. The van der Waals surface area contributed by atoms with Gasteiger partial charge in [0.05, 0.1) is 18.8 Å². The average molecular weight is 292 g/mol. The van der Waals surface area contributed by atoms with Crippen molar-refractivity contribution in [3.05, 3.63) is 29.8 Å². The molecule has 0 atom stereocenters. The maximum absolute atomic E-state index is 12.0. The molecule has 0 spiro atoms. The van der Waals surface area contributed by atoms with Crippen molar-refractivity contribution in [1.82, 2.24) is 5.32 Å². The smallest absolute Gasteiger partial charge is 0.319 e. The molecule has 0 aliphatic heterocycles. The zero-order valence-electron chi connectivity index (χ0n) is 12.5. The van der Waals surface area contributed by atoms with Crippen LogP contribution in [0.2, 0.25) is 0 Å². The van der Waals surface area contributed by atoms with Crippen LogP contribution in [0.25, 0.3) is 0 Å². The van der Waals surface area contributed by atoms with Gasteiger partial charge in [0.2, 0.25) is 0 Å². The fourth-order valence-electron chi connectivity index (χ4n) is 2.68. The van der Waals surface area contributed by atoms with Gasteiger partial charge in [-0.05, 0) is 37.5 Å². The van der Waals surface area contributed by atoms with Gasteiger partial charge in [0.15, 0.2) is 0 Å². The first-order valence-electron chi connectivity index (χ1n) is 7.54. The highest BCUT2D eigenvalue weighted by Crippen LogP contribution is 2.29. The Morgan fingerprint density at radius 3 is 2.52 bits per heavy atom. The third kappa shape index (κ3) is 4.44. The van der Waals surface area contributed by atoms with Crippen molar-refractivity contribution < 1.29 is 14.6 Å². The number of anilines is 1. The van der Waals surface area contributed by atoms with Crippen LogP contribution in [0, 0.1) is 0 Å². The third-order valence-corrected chi connectivity index (χ3v) is 3.93. The Hall–Kier alpha value is -1.59. The van der Waals surface area contributed by atoms with E-state index in [0.717, 1.165) is 36.9 Å². The number of carbonyl (C=O) groups excluding carboxylic acids is 1. The number of aliphatic hydroxyl groups excluding tert-OH is 1. The maximum atomic E-state index is 12.0. The number of ether oxygens (including phenoxy) is 1. The van der Waals surface area contributed by atoms with Crippen molar-refractivity contribution in [3.63, 3.8) is 0 Å². The van der Waals surface area contributed by atoms with Crippen molar-refractivity contribution in [2.75, 3.05) is 18.5 Å². The second-order valence-electron chi connectivity index (χ2n) is 5.56. The van der Waals surface area contributed by atoms with Crippen molar-refractivity contribution >= 4 is 11.7 Å². The van der Waals surface area contributed by atoms with E-state index in [1.165, 1.54) is 0 Å². The minimum Gasteiger partial charge on any atom is -0.394 e. The quantitative estimate of drug-likeness (QED) is 0.755. The average Bonchev–Trinajstić information content (AvgIpc) is 2.95. The molecule has 2 amide bonds. The molecule has 3 N–H and O–H groups in total. The number of rotatable bonds is 6. The van der Waals surface area contributed by atoms with Crippen LogP contribution >= 0.6 is 0 Å². The molecule has 0 unspecified atom stereocenters. The molecule has 0 heterocycles. The summed E-state index contributed by atoms with van der Waals surface area (Å²) >= 11 is 0. The van der Waals surface area contributed by atoms with Gasteiger partial charge in [-0.25, -0.2) is 4.79 Å². The Balaban J connectivity index is 1.87. The lowest BCUT2D eigenvalue weighted by Crippen LogP contribution is -2.50. The van der Waals surface area contributed by atoms with Crippen molar-refractivity contribution in [2.24, 2.45) is 0 Å². The van der Waals surface area contributed by atoms with Crippen LogP contribution in [0.1, 0.15) is 38.2 Å². The number of urea groups is 1. The summed E-state index contributed by atoms with van der Waals surface area (Å²) in [6.07, 6.45) is 3.77. The van der Waals surface area contributed by atoms with Gasteiger partial charge < -0.3 is 20.5 Å². The first kappa shape index (κ1) is 15.8. The molecular formula is C16H24N2O3. The van der Waals surface area contributed by atoms with Crippen LogP contribution in [-0.4, -0.2) is 29.9 Å². The van der Waals surface area contributed by atoms with Crippen molar-refractivity contribution in [3.8, 4) is 0 Å². The highest BCUT2D eigenvalue weighted by molar-refractivity contribution is 5.89. The van der Waals surface area contributed by atoms with E-state index in [4.69, 9.17) is 4.74 Å². The minimum absolute atomic E-state index is 0.00624. The van der Waals surface area contributed by atoms with Crippen molar-refractivity contribution in [2.45, 2.75) is 44.8 Å². The van der Waals surface area contributed by atoms with Crippen LogP contribution in [-0.2, 0) is 11.3 Å². The SMILES string of the molecule is CCOCc1ccc(NC(=O)NC2(CO)CCCC2)cc1. The monoisotopic (exact) mass is 292 g/mol. The van der Waals surface area contributed by atoms with E-state index in [1.807, 2.05) is 31.2 Å².